The molecule has 0 unspecified atom stereocenters. The molecule has 4 rings (SSSR count). The van der Waals surface area contributed by atoms with Crippen molar-refractivity contribution in [3.8, 4) is 33.5 Å². The van der Waals surface area contributed by atoms with E-state index in [2.05, 4.69) is 34.3 Å². The molecule has 0 aliphatic carbocycles. The number of rotatable bonds is 6. The third kappa shape index (κ3) is 3.45. The number of nitrogens with one attached hydrogen (secondary N) is 1. The van der Waals surface area contributed by atoms with Crippen LogP contribution in [0.1, 0.15) is 17.9 Å². The summed E-state index contributed by atoms with van der Waals surface area (Å²) in [6, 6.07) is 5.96. The first-order valence-corrected chi connectivity index (χ1v) is 9.54. The number of fused-ring (bicyclic) bond motifs is 1. The molecular formula is C19H22N4O2S. The average molecular weight is 370 g/mol. The maximum absolute atomic E-state index is 5.53. The van der Waals surface area contributed by atoms with Crippen molar-refractivity contribution in [2.45, 2.75) is 19.8 Å². The van der Waals surface area contributed by atoms with Gasteiger partial charge >= 0.3 is 0 Å². The summed E-state index contributed by atoms with van der Waals surface area (Å²) in [6.07, 6.45) is 1.96. The lowest BCUT2D eigenvalue weighted by molar-refractivity contribution is 0.174. The molecule has 26 heavy (non-hydrogen) atoms. The molecule has 0 radical (unpaired) electrons. The fourth-order valence-corrected chi connectivity index (χ4v) is 3.78. The molecule has 7 heteroatoms. The first-order chi connectivity index (χ1) is 12.6. The van der Waals surface area contributed by atoms with Crippen molar-refractivity contribution >= 4 is 11.3 Å². The SMILES string of the molecule is Cc1csc(-c2[nH]c(CCCN(C)C)nc2-c2ccc3c(c2)OCO3)n1. The molecule has 6 nitrogen and oxygen atoms in total. The van der Waals surface area contributed by atoms with Crippen LogP contribution in [0.15, 0.2) is 23.6 Å². The van der Waals surface area contributed by atoms with Crippen molar-refractivity contribution in [2.24, 2.45) is 0 Å². The van der Waals surface area contributed by atoms with Gasteiger partial charge in [-0.05, 0) is 52.2 Å². The first kappa shape index (κ1) is 17.1. The Morgan fingerprint density at radius 2 is 2.04 bits per heavy atom. The predicted molar refractivity (Wildman–Crippen MR) is 103 cm³/mol. The summed E-state index contributed by atoms with van der Waals surface area (Å²) >= 11 is 1.63. The first-order valence-electron chi connectivity index (χ1n) is 8.66. The van der Waals surface area contributed by atoms with Crippen molar-refractivity contribution in [1.29, 1.82) is 0 Å². The molecule has 0 saturated carbocycles. The Labute approximate surface area is 156 Å². The molecule has 1 aliphatic heterocycles. The van der Waals surface area contributed by atoms with Gasteiger partial charge in [0.25, 0.3) is 0 Å². The van der Waals surface area contributed by atoms with Gasteiger partial charge < -0.3 is 19.4 Å². The standard InChI is InChI=1S/C19H22N4O2S/c1-12-10-26-19(20-12)18-17(21-16(22-18)5-4-8-23(2)3)13-6-7-14-15(9-13)25-11-24-14/h6-7,9-10H,4-5,8,11H2,1-3H3,(H,21,22). The number of thiazole rings is 1. The smallest absolute Gasteiger partial charge is 0.231 e. The number of aromatic amines is 1. The minimum absolute atomic E-state index is 0.271. The zero-order chi connectivity index (χ0) is 18.1. The van der Waals surface area contributed by atoms with Crippen LogP contribution in [0, 0.1) is 6.92 Å². The van der Waals surface area contributed by atoms with E-state index < -0.39 is 0 Å². The van der Waals surface area contributed by atoms with E-state index in [0.29, 0.717) is 0 Å². The molecule has 2 aromatic heterocycles. The van der Waals surface area contributed by atoms with Crippen LogP contribution in [-0.4, -0.2) is 47.3 Å². The number of imidazole rings is 1. The molecule has 0 atom stereocenters. The molecule has 0 fully saturated rings. The zero-order valence-electron chi connectivity index (χ0n) is 15.2. The van der Waals surface area contributed by atoms with Crippen molar-refractivity contribution in [3.05, 3.63) is 35.1 Å². The van der Waals surface area contributed by atoms with Gasteiger partial charge in [0.1, 0.15) is 16.5 Å². The van der Waals surface area contributed by atoms with E-state index in [1.165, 1.54) is 0 Å². The molecule has 3 heterocycles. The van der Waals surface area contributed by atoms with E-state index in [9.17, 15) is 0 Å². The average Bonchev–Trinajstić information content (AvgIpc) is 3.32. The maximum atomic E-state index is 5.53. The number of aromatic nitrogens is 3. The summed E-state index contributed by atoms with van der Waals surface area (Å²) in [5.41, 5.74) is 3.91. The number of H-pyrrole nitrogens is 1. The molecule has 0 saturated heterocycles. The van der Waals surface area contributed by atoms with Crippen LogP contribution >= 0.6 is 11.3 Å². The summed E-state index contributed by atoms with van der Waals surface area (Å²) < 4.78 is 11.0. The Bertz CT molecular complexity index is 916. The van der Waals surface area contributed by atoms with Gasteiger partial charge in [0.05, 0.1) is 5.69 Å². The molecule has 0 bridgehead atoms. The van der Waals surface area contributed by atoms with Crippen LogP contribution in [0.25, 0.3) is 22.0 Å². The number of hydrogen-bond acceptors (Lipinski definition) is 6. The second-order valence-corrected chi connectivity index (χ2v) is 7.53. The van der Waals surface area contributed by atoms with Crippen molar-refractivity contribution in [1.82, 2.24) is 19.9 Å². The summed E-state index contributed by atoms with van der Waals surface area (Å²) in [6.45, 7) is 3.31. The Hall–Kier alpha value is -2.38. The summed E-state index contributed by atoms with van der Waals surface area (Å²) in [4.78, 5) is 15.2. The second-order valence-electron chi connectivity index (χ2n) is 6.68. The Kier molecular flexibility index (Phi) is 4.65. The van der Waals surface area contributed by atoms with E-state index in [1.807, 2.05) is 25.1 Å². The molecule has 0 spiro atoms. The Morgan fingerprint density at radius 1 is 1.19 bits per heavy atom. The van der Waals surface area contributed by atoms with E-state index in [-0.39, 0.29) is 6.79 Å². The van der Waals surface area contributed by atoms with Crippen LogP contribution in [0.5, 0.6) is 11.5 Å². The highest BCUT2D eigenvalue weighted by atomic mass is 32.1. The molecule has 3 aromatic rings. The van der Waals surface area contributed by atoms with Crippen molar-refractivity contribution in [3.63, 3.8) is 0 Å². The van der Waals surface area contributed by atoms with Gasteiger partial charge in [0.15, 0.2) is 11.5 Å². The number of benzene rings is 1. The maximum Gasteiger partial charge on any atom is 0.231 e. The highest BCUT2D eigenvalue weighted by Gasteiger charge is 2.20. The van der Waals surface area contributed by atoms with Crippen LogP contribution in [0.2, 0.25) is 0 Å². The summed E-state index contributed by atoms with van der Waals surface area (Å²) in [5, 5.41) is 3.02. The minimum Gasteiger partial charge on any atom is -0.454 e. The lowest BCUT2D eigenvalue weighted by atomic mass is 10.1. The Morgan fingerprint density at radius 3 is 2.81 bits per heavy atom. The van der Waals surface area contributed by atoms with E-state index in [0.717, 1.165) is 64.4 Å². The van der Waals surface area contributed by atoms with Gasteiger partial charge in [-0.2, -0.15) is 0 Å². The third-order valence-corrected chi connectivity index (χ3v) is 5.23. The molecule has 0 amide bonds. The van der Waals surface area contributed by atoms with Crippen molar-refractivity contribution in [2.75, 3.05) is 27.4 Å². The van der Waals surface area contributed by atoms with Gasteiger partial charge in [-0.1, -0.05) is 0 Å². The third-order valence-electron chi connectivity index (χ3n) is 4.25. The van der Waals surface area contributed by atoms with Crippen LogP contribution in [0.3, 0.4) is 0 Å². The van der Waals surface area contributed by atoms with Crippen LogP contribution < -0.4 is 9.47 Å². The molecule has 1 aliphatic rings. The topological polar surface area (TPSA) is 63.3 Å². The lowest BCUT2D eigenvalue weighted by Gasteiger charge is -2.07. The highest BCUT2D eigenvalue weighted by molar-refractivity contribution is 7.13. The summed E-state index contributed by atoms with van der Waals surface area (Å²) in [7, 11) is 4.17. The second kappa shape index (κ2) is 7.09. The van der Waals surface area contributed by atoms with Gasteiger partial charge in [0.2, 0.25) is 6.79 Å². The number of hydrogen-bond donors (Lipinski definition) is 1. The van der Waals surface area contributed by atoms with Gasteiger partial charge in [0, 0.05) is 23.1 Å². The normalized spacial score (nSPS) is 12.9. The molecular weight excluding hydrogens is 348 g/mol. The van der Waals surface area contributed by atoms with E-state index >= 15 is 0 Å². The number of ether oxygens (including phenoxy) is 2. The van der Waals surface area contributed by atoms with Crippen LogP contribution in [-0.2, 0) is 6.42 Å². The van der Waals surface area contributed by atoms with Gasteiger partial charge in [-0.3, -0.25) is 0 Å². The largest absolute Gasteiger partial charge is 0.454 e. The molecule has 1 N–H and O–H groups in total. The number of aryl methyl sites for hydroxylation is 2. The van der Waals surface area contributed by atoms with E-state index in [4.69, 9.17) is 14.5 Å². The minimum atomic E-state index is 0.271. The Balaban J connectivity index is 1.70. The fourth-order valence-electron chi connectivity index (χ4n) is 2.98. The molecule has 136 valence electrons. The lowest BCUT2D eigenvalue weighted by Crippen LogP contribution is -2.13. The van der Waals surface area contributed by atoms with Crippen LogP contribution in [0.4, 0.5) is 0 Å². The predicted octanol–water partition coefficient (Wildman–Crippen LogP) is 3.73. The van der Waals surface area contributed by atoms with Gasteiger partial charge in [-0.25, -0.2) is 9.97 Å². The highest BCUT2D eigenvalue weighted by Crippen LogP contribution is 2.38. The van der Waals surface area contributed by atoms with Gasteiger partial charge in [-0.15, -0.1) is 11.3 Å². The number of nitrogens with zero attached hydrogens (tertiary/aromatic N) is 3. The fraction of sp³-hybridized carbons (Fsp3) is 0.368. The van der Waals surface area contributed by atoms with E-state index in [1.54, 1.807) is 11.3 Å². The summed E-state index contributed by atoms with van der Waals surface area (Å²) in [5.74, 6) is 2.53. The molecule has 1 aromatic carbocycles. The van der Waals surface area contributed by atoms with Crippen molar-refractivity contribution < 1.29 is 9.47 Å². The monoisotopic (exact) mass is 370 g/mol. The zero-order valence-corrected chi connectivity index (χ0v) is 16.0. The quantitative estimate of drug-likeness (QED) is 0.716.